The number of aromatic nitrogens is 1. The molecule has 1 fully saturated rings. The first-order valence-corrected chi connectivity index (χ1v) is 8.26. The van der Waals surface area contributed by atoms with Crippen LogP contribution in [-0.4, -0.2) is 42.0 Å². The molecular formula is C15H22IN5OS. The van der Waals surface area contributed by atoms with Crippen molar-refractivity contribution in [1.29, 1.82) is 0 Å². The monoisotopic (exact) mass is 447 g/mol. The zero-order valence-corrected chi connectivity index (χ0v) is 16.5. The molecule has 126 valence electrons. The van der Waals surface area contributed by atoms with Gasteiger partial charge in [0.05, 0.1) is 6.54 Å². The van der Waals surface area contributed by atoms with Crippen LogP contribution in [0.3, 0.4) is 0 Å². The van der Waals surface area contributed by atoms with Crippen LogP contribution in [-0.2, 0) is 6.54 Å². The van der Waals surface area contributed by atoms with Crippen LogP contribution in [0, 0.1) is 13.8 Å². The molecule has 0 unspecified atom stereocenters. The normalized spacial score (nSPS) is 15.7. The van der Waals surface area contributed by atoms with E-state index in [-0.39, 0.29) is 24.0 Å². The lowest BCUT2D eigenvalue weighted by molar-refractivity contribution is 0.380. The largest absolute Gasteiger partial charge is 0.466 e. The number of piperazine rings is 1. The second kappa shape index (κ2) is 8.00. The Balaban J connectivity index is 0.00000192. The first-order valence-electron chi connectivity index (χ1n) is 7.38. The minimum atomic E-state index is 0. The number of guanidine groups is 1. The van der Waals surface area contributed by atoms with Gasteiger partial charge in [-0.25, -0.2) is 9.98 Å². The third-order valence-corrected chi connectivity index (χ3v) is 4.68. The summed E-state index contributed by atoms with van der Waals surface area (Å²) in [5.41, 5.74) is 7.23. The Morgan fingerprint density at radius 2 is 2.09 bits per heavy atom. The van der Waals surface area contributed by atoms with Crippen molar-refractivity contribution < 1.29 is 4.42 Å². The van der Waals surface area contributed by atoms with Gasteiger partial charge in [0.25, 0.3) is 0 Å². The highest BCUT2D eigenvalue weighted by molar-refractivity contribution is 14.0. The highest BCUT2D eigenvalue weighted by Gasteiger charge is 2.19. The Morgan fingerprint density at radius 1 is 1.35 bits per heavy atom. The number of nitrogens with zero attached hydrogens (tertiary/aromatic N) is 4. The van der Waals surface area contributed by atoms with Crippen molar-refractivity contribution in [3.63, 3.8) is 0 Å². The SMILES string of the molecule is Cc1cc(CN=C(N)N2CCN(c3nccs3)CC2)c(C)o1.I. The Labute approximate surface area is 157 Å². The van der Waals surface area contributed by atoms with E-state index in [1.54, 1.807) is 11.3 Å². The summed E-state index contributed by atoms with van der Waals surface area (Å²) >= 11 is 1.67. The second-order valence-corrected chi connectivity index (χ2v) is 6.27. The zero-order valence-electron chi connectivity index (χ0n) is 13.4. The third kappa shape index (κ3) is 4.37. The lowest BCUT2D eigenvalue weighted by Crippen LogP contribution is -2.51. The molecule has 0 aliphatic carbocycles. The maximum atomic E-state index is 6.13. The van der Waals surface area contributed by atoms with Crippen molar-refractivity contribution in [3.8, 4) is 0 Å². The van der Waals surface area contributed by atoms with Crippen molar-refractivity contribution in [3.05, 3.63) is 34.7 Å². The summed E-state index contributed by atoms with van der Waals surface area (Å²) in [6, 6.07) is 2.02. The summed E-state index contributed by atoms with van der Waals surface area (Å²) in [7, 11) is 0. The van der Waals surface area contributed by atoms with Gasteiger partial charge in [-0.2, -0.15) is 0 Å². The van der Waals surface area contributed by atoms with Crippen LogP contribution in [0.5, 0.6) is 0 Å². The molecule has 0 amide bonds. The quantitative estimate of drug-likeness (QED) is 0.445. The number of aliphatic imine (C=N–C) groups is 1. The summed E-state index contributed by atoms with van der Waals surface area (Å²) in [6.45, 7) is 8.07. The van der Waals surface area contributed by atoms with Crippen LogP contribution in [0.2, 0.25) is 0 Å². The van der Waals surface area contributed by atoms with Crippen molar-refractivity contribution in [1.82, 2.24) is 9.88 Å². The molecule has 1 saturated heterocycles. The highest BCUT2D eigenvalue weighted by Crippen LogP contribution is 2.19. The Bertz CT molecular complexity index is 647. The molecule has 2 aromatic rings. The third-order valence-electron chi connectivity index (χ3n) is 3.85. The molecule has 2 N–H and O–H groups in total. The molecule has 0 saturated carbocycles. The van der Waals surface area contributed by atoms with E-state index >= 15 is 0 Å². The van der Waals surface area contributed by atoms with Crippen molar-refractivity contribution >= 4 is 46.4 Å². The Hall–Kier alpha value is -1.29. The van der Waals surface area contributed by atoms with Crippen LogP contribution < -0.4 is 10.6 Å². The number of rotatable bonds is 3. The van der Waals surface area contributed by atoms with Gasteiger partial charge in [0.15, 0.2) is 11.1 Å². The van der Waals surface area contributed by atoms with Crippen LogP contribution in [0.4, 0.5) is 5.13 Å². The van der Waals surface area contributed by atoms with Crippen LogP contribution in [0.15, 0.2) is 27.1 Å². The lowest BCUT2D eigenvalue weighted by Gasteiger charge is -2.35. The van der Waals surface area contributed by atoms with Gasteiger partial charge in [-0.15, -0.1) is 35.3 Å². The maximum absolute atomic E-state index is 6.13. The number of hydrogen-bond acceptors (Lipinski definition) is 5. The highest BCUT2D eigenvalue weighted by atomic mass is 127. The van der Waals surface area contributed by atoms with Crippen molar-refractivity contribution in [2.75, 3.05) is 31.1 Å². The summed E-state index contributed by atoms with van der Waals surface area (Å²) in [6.07, 6.45) is 1.84. The minimum absolute atomic E-state index is 0. The van der Waals surface area contributed by atoms with Gasteiger partial charge in [0.2, 0.25) is 0 Å². The molecule has 0 bridgehead atoms. The molecule has 0 atom stereocenters. The van der Waals surface area contributed by atoms with E-state index in [9.17, 15) is 0 Å². The molecule has 3 heterocycles. The topological polar surface area (TPSA) is 70.9 Å². The van der Waals surface area contributed by atoms with E-state index in [1.807, 2.05) is 31.5 Å². The van der Waals surface area contributed by atoms with Crippen molar-refractivity contribution in [2.45, 2.75) is 20.4 Å². The molecule has 2 aromatic heterocycles. The number of anilines is 1. The molecule has 8 heteroatoms. The molecular weight excluding hydrogens is 425 g/mol. The van der Waals surface area contributed by atoms with Crippen LogP contribution in [0.25, 0.3) is 0 Å². The number of aryl methyl sites for hydroxylation is 2. The molecule has 1 aliphatic rings. The molecule has 0 spiro atoms. The molecule has 3 rings (SSSR count). The maximum Gasteiger partial charge on any atom is 0.191 e. The van der Waals surface area contributed by atoms with E-state index in [0.717, 1.165) is 48.4 Å². The Kier molecular flexibility index (Phi) is 6.28. The van der Waals surface area contributed by atoms with Gasteiger partial charge in [-0.05, 0) is 19.9 Å². The predicted molar refractivity (Wildman–Crippen MR) is 105 cm³/mol. The smallest absolute Gasteiger partial charge is 0.191 e. The number of halogens is 1. The van der Waals surface area contributed by atoms with Gasteiger partial charge in [0, 0.05) is 43.3 Å². The summed E-state index contributed by atoms with van der Waals surface area (Å²) in [5.74, 6) is 2.44. The minimum Gasteiger partial charge on any atom is -0.466 e. The van der Waals surface area contributed by atoms with Gasteiger partial charge in [0.1, 0.15) is 11.5 Å². The second-order valence-electron chi connectivity index (χ2n) is 5.40. The molecule has 0 radical (unpaired) electrons. The lowest BCUT2D eigenvalue weighted by atomic mass is 10.2. The van der Waals surface area contributed by atoms with E-state index in [4.69, 9.17) is 10.2 Å². The first kappa shape index (κ1) is 18.1. The van der Waals surface area contributed by atoms with Gasteiger partial charge < -0.3 is 20.0 Å². The molecule has 1 aliphatic heterocycles. The van der Waals surface area contributed by atoms with Gasteiger partial charge in [-0.1, -0.05) is 0 Å². The standard InChI is InChI=1S/C15H21N5OS.HI/c1-11-9-13(12(2)21-11)10-18-14(16)19-4-6-20(7-5-19)15-17-3-8-22-15;/h3,8-9H,4-7,10H2,1-2H3,(H2,16,18);1H. The number of hydrogen-bond donors (Lipinski definition) is 1. The van der Waals surface area contributed by atoms with Gasteiger partial charge in [-0.3, -0.25) is 0 Å². The Morgan fingerprint density at radius 3 is 2.65 bits per heavy atom. The number of furan rings is 1. The van der Waals surface area contributed by atoms with Gasteiger partial charge >= 0.3 is 0 Å². The molecule has 23 heavy (non-hydrogen) atoms. The summed E-state index contributed by atoms with van der Waals surface area (Å²) in [4.78, 5) is 13.3. The fourth-order valence-corrected chi connectivity index (χ4v) is 3.30. The average Bonchev–Trinajstić information content (AvgIpc) is 3.15. The van der Waals surface area contributed by atoms with E-state index in [2.05, 4.69) is 19.8 Å². The number of thiazole rings is 1. The first-order chi connectivity index (χ1) is 10.6. The summed E-state index contributed by atoms with van der Waals surface area (Å²) < 4.78 is 5.51. The number of nitrogens with two attached hydrogens (primary N) is 1. The van der Waals surface area contributed by atoms with E-state index in [0.29, 0.717) is 12.5 Å². The average molecular weight is 447 g/mol. The van der Waals surface area contributed by atoms with Crippen LogP contribution in [0.1, 0.15) is 17.1 Å². The van der Waals surface area contributed by atoms with Crippen LogP contribution >= 0.6 is 35.3 Å². The summed E-state index contributed by atoms with van der Waals surface area (Å²) in [5, 5.41) is 3.09. The molecule has 0 aromatic carbocycles. The van der Waals surface area contributed by atoms with E-state index < -0.39 is 0 Å². The molecule has 6 nitrogen and oxygen atoms in total. The van der Waals surface area contributed by atoms with E-state index in [1.165, 1.54) is 0 Å². The zero-order chi connectivity index (χ0) is 15.5. The predicted octanol–water partition coefficient (Wildman–Crippen LogP) is 2.61. The fourth-order valence-electron chi connectivity index (χ4n) is 2.61. The fraction of sp³-hybridized carbons (Fsp3) is 0.467. The van der Waals surface area contributed by atoms with Crippen molar-refractivity contribution in [2.24, 2.45) is 10.7 Å².